The Kier molecular flexibility index (Phi) is 4.43. The average Bonchev–Trinajstić information content (AvgIpc) is 2.84. The first-order valence-electron chi connectivity index (χ1n) is 6.85. The number of hydrogen-bond acceptors (Lipinski definition) is 2. The summed E-state index contributed by atoms with van der Waals surface area (Å²) in [5, 5.41) is 3.50. The lowest BCUT2D eigenvalue weighted by Crippen LogP contribution is -2.18. The van der Waals surface area contributed by atoms with Gasteiger partial charge in [0, 0.05) is 18.3 Å². The molecule has 1 aromatic carbocycles. The van der Waals surface area contributed by atoms with Gasteiger partial charge in [0.2, 0.25) is 0 Å². The number of likely N-dealkylation sites (tertiary alicyclic amines) is 1. The molecule has 1 atom stereocenters. The first-order chi connectivity index (χ1) is 8.28. The van der Waals surface area contributed by atoms with Crippen LogP contribution in [0.3, 0.4) is 0 Å². The van der Waals surface area contributed by atoms with E-state index in [2.05, 4.69) is 48.3 Å². The van der Waals surface area contributed by atoms with Crippen LogP contribution in [0.4, 0.5) is 5.69 Å². The third-order valence-corrected chi connectivity index (χ3v) is 3.58. The summed E-state index contributed by atoms with van der Waals surface area (Å²) < 4.78 is 0. The molecule has 1 aliphatic heterocycles. The van der Waals surface area contributed by atoms with Crippen molar-refractivity contribution in [1.82, 2.24) is 4.90 Å². The van der Waals surface area contributed by atoms with Crippen LogP contribution >= 0.6 is 0 Å². The molecule has 1 unspecified atom stereocenters. The van der Waals surface area contributed by atoms with Crippen LogP contribution in [0.2, 0.25) is 0 Å². The van der Waals surface area contributed by atoms with Crippen molar-refractivity contribution in [3.8, 4) is 0 Å². The van der Waals surface area contributed by atoms with Crippen molar-refractivity contribution in [2.45, 2.75) is 45.7 Å². The van der Waals surface area contributed by atoms with Crippen molar-refractivity contribution in [2.24, 2.45) is 0 Å². The molecule has 0 saturated carbocycles. The summed E-state index contributed by atoms with van der Waals surface area (Å²) in [7, 11) is 0. The second-order valence-corrected chi connectivity index (χ2v) is 5.13. The van der Waals surface area contributed by atoms with E-state index >= 15 is 0 Å². The van der Waals surface area contributed by atoms with Gasteiger partial charge in [0.1, 0.15) is 0 Å². The maximum atomic E-state index is 3.50. The van der Waals surface area contributed by atoms with E-state index in [0.717, 1.165) is 13.0 Å². The zero-order valence-electron chi connectivity index (χ0n) is 11.1. The molecular formula is C15H24N2. The fourth-order valence-corrected chi connectivity index (χ4v) is 2.29. The van der Waals surface area contributed by atoms with Crippen LogP contribution in [0.5, 0.6) is 0 Å². The maximum Gasteiger partial charge on any atom is 0.0342 e. The van der Waals surface area contributed by atoms with Crippen LogP contribution in [-0.4, -0.2) is 24.0 Å². The molecule has 0 bridgehead atoms. The van der Waals surface area contributed by atoms with Gasteiger partial charge in [-0.2, -0.15) is 0 Å². The molecule has 1 N–H and O–H groups in total. The lowest BCUT2D eigenvalue weighted by molar-refractivity contribution is 0.331. The normalized spacial score (nSPS) is 18.2. The Labute approximate surface area is 105 Å². The molecule has 2 nitrogen and oxygen atoms in total. The van der Waals surface area contributed by atoms with E-state index in [1.54, 1.807) is 0 Å². The standard InChI is InChI=1S/C15H24N2/c1-3-13(2)16-15-8-6-14(7-9-15)12-17-10-4-5-11-17/h6-9,13,16H,3-5,10-12H2,1-2H3. The Morgan fingerprint density at radius 1 is 1.18 bits per heavy atom. The van der Waals surface area contributed by atoms with E-state index in [-0.39, 0.29) is 0 Å². The number of anilines is 1. The average molecular weight is 232 g/mol. The van der Waals surface area contributed by atoms with Crippen molar-refractivity contribution in [3.05, 3.63) is 29.8 Å². The minimum absolute atomic E-state index is 0.555. The topological polar surface area (TPSA) is 15.3 Å². The van der Waals surface area contributed by atoms with Crippen LogP contribution in [0, 0.1) is 0 Å². The highest BCUT2D eigenvalue weighted by Gasteiger charge is 2.11. The van der Waals surface area contributed by atoms with Gasteiger partial charge < -0.3 is 5.32 Å². The molecule has 2 rings (SSSR count). The van der Waals surface area contributed by atoms with Crippen LogP contribution in [0.25, 0.3) is 0 Å². The predicted octanol–water partition coefficient (Wildman–Crippen LogP) is 3.49. The highest BCUT2D eigenvalue weighted by atomic mass is 15.1. The van der Waals surface area contributed by atoms with E-state index in [0.29, 0.717) is 6.04 Å². The molecule has 1 heterocycles. The smallest absolute Gasteiger partial charge is 0.0342 e. The molecule has 0 aromatic heterocycles. The minimum atomic E-state index is 0.555. The lowest BCUT2D eigenvalue weighted by Gasteiger charge is -2.16. The van der Waals surface area contributed by atoms with Gasteiger partial charge in [-0.05, 0) is 57.0 Å². The molecule has 0 radical (unpaired) electrons. The summed E-state index contributed by atoms with van der Waals surface area (Å²) >= 11 is 0. The number of hydrogen-bond donors (Lipinski definition) is 1. The second-order valence-electron chi connectivity index (χ2n) is 5.13. The molecule has 1 aliphatic rings. The summed E-state index contributed by atoms with van der Waals surface area (Å²) in [6.45, 7) is 8.08. The number of benzene rings is 1. The SMILES string of the molecule is CCC(C)Nc1ccc(CN2CCCC2)cc1. The zero-order chi connectivity index (χ0) is 12.1. The van der Waals surface area contributed by atoms with Gasteiger partial charge in [-0.3, -0.25) is 4.90 Å². The molecule has 0 aliphatic carbocycles. The van der Waals surface area contributed by atoms with Gasteiger partial charge in [-0.15, -0.1) is 0 Å². The Hall–Kier alpha value is -1.02. The van der Waals surface area contributed by atoms with E-state index in [9.17, 15) is 0 Å². The highest BCUT2D eigenvalue weighted by Crippen LogP contribution is 2.15. The molecule has 0 amide bonds. The van der Waals surface area contributed by atoms with Gasteiger partial charge in [0.05, 0.1) is 0 Å². The van der Waals surface area contributed by atoms with Crippen molar-refractivity contribution in [1.29, 1.82) is 0 Å². The predicted molar refractivity (Wildman–Crippen MR) is 74.3 cm³/mol. The molecule has 17 heavy (non-hydrogen) atoms. The molecule has 0 spiro atoms. The molecule has 1 aromatic rings. The number of rotatable bonds is 5. The van der Waals surface area contributed by atoms with Gasteiger partial charge in [-0.25, -0.2) is 0 Å². The quantitative estimate of drug-likeness (QED) is 0.836. The van der Waals surface area contributed by atoms with Crippen LogP contribution < -0.4 is 5.32 Å². The van der Waals surface area contributed by atoms with Gasteiger partial charge in [0.25, 0.3) is 0 Å². The van der Waals surface area contributed by atoms with E-state index in [1.807, 2.05) is 0 Å². The summed E-state index contributed by atoms with van der Waals surface area (Å²) in [4.78, 5) is 2.54. The summed E-state index contributed by atoms with van der Waals surface area (Å²) in [6, 6.07) is 9.47. The maximum absolute atomic E-state index is 3.50. The van der Waals surface area contributed by atoms with Crippen LogP contribution in [0.15, 0.2) is 24.3 Å². The van der Waals surface area contributed by atoms with E-state index in [4.69, 9.17) is 0 Å². The third-order valence-electron chi connectivity index (χ3n) is 3.58. The Morgan fingerprint density at radius 2 is 1.82 bits per heavy atom. The summed E-state index contributed by atoms with van der Waals surface area (Å²) in [5.41, 5.74) is 2.67. The zero-order valence-corrected chi connectivity index (χ0v) is 11.1. The monoisotopic (exact) mass is 232 g/mol. The largest absolute Gasteiger partial charge is 0.383 e. The van der Waals surface area contributed by atoms with Gasteiger partial charge in [0.15, 0.2) is 0 Å². The summed E-state index contributed by atoms with van der Waals surface area (Å²) in [6.07, 6.45) is 3.90. The molecule has 1 fully saturated rings. The van der Waals surface area contributed by atoms with E-state index in [1.165, 1.54) is 37.2 Å². The van der Waals surface area contributed by atoms with Crippen molar-refractivity contribution in [2.75, 3.05) is 18.4 Å². The molecular weight excluding hydrogens is 208 g/mol. The fraction of sp³-hybridized carbons (Fsp3) is 0.600. The molecule has 2 heteroatoms. The first kappa shape index (κ1) is 12.4. The Morgan fingerprint density at radius 3 is 2.41 bits per heavy atom. The number of nitrogens with one attached hydrogen (secondary N) is 1. The second kappa shape index (κ2) is 6.06. The van der Waals surface area contributed by atoms with Crippen LogP contribution in [0.1, 0.15) is 38.7 Å². The van der Waals surface area contributed by atoms with Gasteiger partial charge in [-0.1, -0.05) is 19.1 Å². The van der Waals surface area contributed by atoms with Crippen LogP contribution in [-0.2, 0) is 6.54 Å². The van der Waals surface area contributed by atoms with E-state index < -0.39 is 0 Å². The lowest BCUT2D eigenvalue weighted by atomic mass is 10.1. The van der Waals surface area contributed by atoms with Crippen molar-refractivity contribution >= 4 is 5.69 Å². The number of nitrogens with zero attached hydrogens (tertiary/aromatic N) is 1. The van der Waals surface area contributed by atoms with Gasteiger partial charge >= 0.3 is 0 Å². The first-order valence-corrected chi connectivity index (χ1v) is 6.85. The Bertz CT molecular complexity index is 325. The fourth-order valence-electron chi connectivity index (χ4n) is 2.29. The van der Waals surface area contributed by atoms with Crippen molar-refractivity contribution < 1.29 is 0 Å². The third kappa shape index (κ3) is 3.74. The Balaban J connectivity index is 1.88. The van der Waals surface area contributed by atoms with Crippen molar-refractivity contribution in [3.63, 3.8) is 0 Å². The highest BCUT2D eigenvalue weighted by molar-refractivity contribution is 5.45. The molecule has 1 saturated heterocycles. The molecule has 94 valence electrons. The summed E-state index contributed by atoms with van der Waals surface area (Å²) in [5.74, 6) is 0. The minimum Gasteiger partial charge on any atom is -0.383 e.